The van der Waals surface area contributed by atoms with Crippen LogP contribution in [0.5, 0.6) is 0 Å². The minimum absolute atomic E-state index is 0.0891. The van der Waals surface area contributed by atoms with Gasteiger partial charge in [-0.2, -0.15) is 0 Å². The smallest absolute Gasteiger partial charge is 0.311 e. The van der Waals surface area contributed by atoms with Gasteiger partial charge in [0.05, 0.1) is 25.2 Å². The minimum atomic E-state index is -0.893. The minimum Gasteiger partial charge on any atom is -0.462 e. The molecule has 0 bridgehead atoms. The molecule has 2 unspecified atom stereocenters. The maximum Gasteiger partial charge on any atom is 0.311 e. The van der Waals surface area contributed by atoms with Crippen LogP contribution in [0.3, 0.4) is 0 Å². The highest BCUT2D eigenvalue weighted by molar-refractivity contribution is 5.75. The van der Waals surface area contributed by atoms with E-state index < -0.39 is 42.1 Å². The molecule has 8 nitrogen and oxygen atoms in total. The van der Waals surface area contributed by atoms with Gasteiger partial charge in [0.1, 0.15) is 24.9 Å². The molecule has 0 spiro atoms. The number of hydrogen-bond acceptors (Lipinski definition) is 8. The highest BCUT2D eigenvalue weighted by atomic mass is 16.7. The van der Waals surface area contributed by atoms with Crippen molar-refractivity contribution in [3.8, 4) is 0 Å². The number of ether oxygens (including phenoxy) is 6. The molecule has 8 heteroatoms. The van der Waals surface area contributed by atoms with E-state index in [0.29, 0.717) is 23.4 Å². The second-order valence-electron chi connectivity index (χ2n) is 22.0. The van der Waals surface area contributed by atoms with Crippen LogP contribution < -0.4 is 0 Å². The predicted octanol–water partition coefficient (Wildman–Crippen LogP) is 11.9. The Bertz CT molecular complexity index is 1730. The molecule has 1 saturated heterocycles. The molecule has 0 N–H and O–H groups in total. The van der Waals surface area contributed by atoms with Crippen LogP contribution >= 0.6 is 0 Å². The van der Waals surface area contributed by atoms with E-state index in [9.17, 15) is 9.59 Å². The molecule has 5 fully saturated rings. The third-order valence-corrected chi connectivity index (χ3v) is 16.7. The fourth-order valence-corrected chi connectivity index (χ4v) is 13.4. The molecular formula is C54H80O8. The second-order valence-corrected chi connectivity index (χ2v) is 22.0. The number of esters is 2. The SMILES string of the molecule is CC(=O)O[C@H]1[C@@H](OCc2ccccc2)[C@@H](COC(=O)C(C)(C)C)O[C@@H](OCC(C)CCC[C@@H](C)[C@H]2CC[C@H]3[C@@H]4CCC5CCCC[C@]5(C)[C@H]4CC[C@]23C)[C@@H]1OCc1ccccc1. The normalized spacial score (nSPS) is 35.5. The summed E-state index contributed by atoms with van der Waals surface area (Å²) in [5, 5.41) is 0. The average Bonchev–Trinajstić information content (AvgIpc) is 3.61. The summed E-state index contributed by atoms with van der Waals surface area (Å²) in [6, 6.07) is 19.7. The molecule has 1 aliphatic heterocycles. The van der Waals surface area contributed by atoms with Gasteiger partial charge in [0.15, 0.2) is 12.4 Å². The van der Waals surface area contributed by atoms with E-state index in [1.54, 1.807) is 0 Å². The van der Waals surface area contributed by atoms with Crippen molar-refractivity contribution in [1.29, 1.82) is 0 Å². The van der Waals surface area contributed by atoms with Crippen LogP contribution in [0.25, 0.3) is 0 Å². The number of fused-ring (bicyclic) bond motifs is 5. The van der Waals surface area contributed by atoms with E-state index in [0.717, 1.165) is 53.6 Å². The van der Waals surface area contributed by atoms with Crippen LogP contribution in [0.15, 0.2) is 60.7 Å². The summed E-state index contributed by atoms with van der Waals surface area (Å²) in [7, 11) is 0. The number of benzene rings is 2. The topological polar surface area (TPSA) is 89.5 Å². The Labute approximate surface area is 374 Å². The number of carbonyl (C=O) groups is 2. The van der Waals surface area contributed by atoms with Gasteiger partial charge in [-0.15, -0.1) is 0 Å². The third-order valence-electron chi connectivity index (χ3n) is 16.7. The van der Waals surface area contributed by atoms with Crippen molar-refractivity contribution in [2.24, 2.45) is 57.7 Å². The molecule has 0 aromatic heterocycles. The van der Waals surface area contributed by atoms with Crippen LogP contribution in [0.4, 0.5) is 0 Å². The Kier molecular flexibility index (Phi) is 15.7. The van der Waals surface area contributed by atoms with Crippen LogP contribution in [0.2, 0.25) is 0 Å². The molecule has 0 amide bonds. The lowest BCUT2D eigenvalue weighted by Crippen LogP contribution is -2.62. The summed E-state index contributed by atoms with van der Waals surface area (Å²) < 4.78 is 38.5. The second kappa shape index (κ2) is 20.6. The van der Waals surface area contributed by atoms with Crippen molar-refractivity contribution in [2.45, 2.75) is 183 Å². The molecule has 0 radical (unpaired) electrons. The monoisotopic (exact) mass is 857 g/mol. The molecule has 7 rings (SSSR count). The van der Waals surface area contributed by atoms with Crippen LogP contribution in [0.1, 0.15) is 150 Å². The third kappa shape index (κ3) is 10.8. The van der Waals surface area contributed by atoms with Gasteiger partial charge in [-0.05, 0) is 142 Å². The highest BCUT2D eigenvalue weighted by Crippen LogP contribution is 2.68. The average molecular weight is 857 g/mol. The van der Waals surface area contributed by atoms with E-state index in [2.05, 4.69) is 27.7 Å². The molecule has 1 heterocycles. The van der Waals surface area contributed by atoms with Crippen molar-refractivity contribution >= 4 is 11.9 Å². The maximum absolute atomic E-state index is 13.0. The molecule has 14 atom stereocenters. The van der Waals surface area contributed by atoms with Crippen LogP contribution in [-0.2, 0) is 51.2 Å². The summed E-state index contributed by atoms with van der Waals surface area (Å²) in [5.74, 6) is 4.76. The van der Waals surface area contributed by atoms with Crippen molar-refractivity contribution in [1.82, 2.24) is 0 Å². The van der Waals surface area contributed by atoms with Crippen molar-refractivity contribution in [3.05, 3.63) is 71.8 Å². The van der Waals surface area contributed by atoms with Crippen molar-refractivity contribution in [3.63, 3.8) is 0 Å². The van der Waals surface area contributed by atoms with E-state index in [4.69, 9.17) is 28.4 Å². The standard InChI is InChI=1S/C54H80O8/c1-36(18-17-19-37(2)43-27-28-44-42-26-25-41-24-15-16-30-53(41,7)45(42)29-31-54(43,44)8)32-59-50-49(58-34-40-22-13-10-14-23-40)48(61-38(3)55)47(57-33-39-20-11-9-12-21-39)46(62-50)35-60-51(56)52(4,5)6/h9-14,20-23,36-37,41-50H,15-19,24-35H2,1-8H3/t36?,37-,41?,42+,43-,44+,45+,46-,47+,48+,49-,50-,53+,54-/m1/s1. The van der Waals surface area contributed by atoms with Gasteiger partial charge in [-0.3, -0.25) is 9.59 Å². The molecule has 62 heavy (non-hydrogen) atoms. The summed E-state index contributed by atoms with van der Waals surface area (Å²) >= 11 is 0. The summed E-state index contributed by atoms with van der Waals surface area (Å²) in [4.78, 5) is 25.9. The Morgan fingerprint density at radius 1 is 0.742 bits per heavy atom. The zero-order valence-electron chi connectivity index (χ0n) is 39.5. The van der Waals surface area contributed by atoms with Gasteiger partial charge in [0.2, 0.25) is 0 Å². The first kappa shape index (κ1) is 47.2. The van der Waals surface area contributed by atoms with Gasteiger partial charge in [0, 0.05) is 6.92 Å². The molecular weight excluding hydrogens is 777 g/mol. The van der Waals surface area contributed by atoms with Gasteiger partial charge in [-0.1, -0.05) is 114 Å². The van der Waals surface area contributed by atoms with Gasteiger partial charge in [-0.25, -0.2) is 0 Å². The van der Waals surface area contributed by atoms with Crippen molar-refractivity contribution < 1.29 is 38.0 Å². The molecule has 4 saturated carbocycles. The largest absolute Gasteiger partial charge is 0.462 e. The molecule has 2 aromatic rings. The Morgan fingerprint density at radius 2 is 1.40 bits per heavy atom. The Hall–Kier alpha value is -2.78. The lowest BCUT2D eigenvalue weighted by Gasteiger charge is -2.61. The first-order valence-corrected chi connectivity index (χ1v) is 24.6. The number of carbonyl (C=O) groups excluding carboxylic acids is 2. The number of rotatable bonds is 17. The first-order chi connectivity index (χ1) is 29.7. The lowest BCUT2D eigenvalue weighted by molar-refractivity contribution is -0.322. The van der Waals surface area contributed by atoms with E-state index in [1.807, 2.05) is 81.4 Å². The van der Waals surface area contributed by atoms with Crippen molar-refractivity contribution in [2.75, 3.05) is 13.2 Å². The summed E-state index contributed by atoms with van der Waals surface area (Å²) in [6.07, 6.45) is 13.8. The fourth-order valence-electron chi connectivity index (χ4n) is 13.4. The van der Waals surface area contributed by atoms with Crippen LogP contribution in [0, 0.1) is 57.7 Å². The summed E-state index contributed by atoms with van der Waals surface area (Å²) in [5.41, 5.74) is 2.30. The predicted molar refractivity (Wildman–Crippen MR) is 243 cm³/mol. The molecule has 344 valence electrons. The van der Waals surface area contributed by atoms with E-state index >= 15 is 0 Å². The fraction of sp³-hybridized carbons (Fsp3) is 0.741. The molecule has 2 aromatic carbocycles. The van der Waals surface area contributed by atoms with Gasteiger partial charge < -0.3 is 28.4 Å². The quantitative estimate of drug-likeness (QED) is 0.145. The first-order valence-electron chi connectivity index (χ1n) is 24.6. The molecule has 5 aliphatic rings. The zero-order valence-corrected chi connectivity index (χ0v) is 39.5. The van der Waals surface area contributed by atoms with E-state index in [1.165, 1.54) is 77.6 Å². The van der Waals surface area contributed by atoms with E-state index in [-0.39, 0.29) is 31.7 Å². The highest BCUT2D eigenvalue weighted by Gasteiger charge is 2.60. The van der Waals surface area contributed by atoms with Gasteiger partial charge >= 0.3 is 11.9 Å². The lowest BCUT2D eigenvalue weighted by atomic mass is 9.44. The number of hydrogen-bond donors (Lipinski definition) is 0. The maximum atomic E-state index is 13.0. The van der Waals surface area contributed by atoms with Crippen LogP contribution in [-0.4, -0.2) is 55.9 Å². The zero-order chi connectivity index (χ0) is 44.1. The molecule has 4 aliphatic carbocycles. The Balaban J connectivity index is 0.998. The summed E-state index contributed by atoms with van der Waals surface area (Å²) in [6.45, 7) is 17.9. The van der Waals surface area contributed by atoms with Gasteiger partial charge in [0.25, 0.3) is 0 Å². The Morgan fingerprint density at radius 3 is 2.06 bits per heavy atom.